The van der Waals surface area contributed by atoms with Crippen molar-refractivity contribution in [3.05, 3.63) is 29.3 Å². The molecule has 0 aliphatic rings. The number of halogens is 2. The number of carboxylic acids is 1. The normalized spacial score (nSPS) is 11.1. The van der Waals surface area contributed by atoms with Gasteiger partial charge in [-0.25, -0.2) is 18.4 Å². The van der Waals surface area contributed by atoms with Crippen molar-refractivity contribution in [1.82, 2.24) is 5.32 Å². The van der Waals surface area contributed by atoms with E-state index < -0.39 is 34.7 Å². The molecule has 7 heteroatoms. The van der Waals surface area contributed by atoms with Crippen LogP contribution in [0.5, 0.6) is 0 Å². The highest BCUT2D eigenvalue weighted by atomic mass is 19.2. The number of hydrogen-bond acceptors (Lipinski definition) is 2. The fourth-order valence-corrected chi connectivity index (χ4v) is 1.98. The van der Waals surface area contributed by atoms with E-state index in [1.54, 1.807) is 13.8 Å². The monoisotopic (exact) mass is 300 g/mol. The molecule has 0 atom stereocenters. The maximum absolute atomic E-state index is 13.2. The van der Waals surface area contributed by atoms with Crippen LogP contribution in [0.2, 0.25) is 0 Å². The summed E-state index contributed by atoms with van der Waals surface area (Å²) in [5.41, 5.74) is -1.32. The number of rotatable bonds is 5. The van der Waals surface area contributed by atoms with Crippen LogP contribution < -0.4 is 10.6 Å². The summed E-state index contributed by atoms with van der Waals surface area (Å²) in [4.78, 5) is 22.8. The molecule has 1 rings (SSSR count). The number of anilines is 1. The molecule has 0 radical (unpaired) electrons. The number of hydrogen-bond donors (Lipinski definition) is 3. The van der Waals surface area contributed by atoms with Crippen molar-refractivity contribution in [2.24, 2.45) is 0 Å². The molecule has 0 fully saturated rings. The number of carbonyl (C=O) groups excluding carboxylic acids is 1. The molecule has 21 heavy (non-hydrogen) atoms. The van der Waals surface area contributed by atoms with Crippen LogP contribution in [-0.2, 0) is 0 Å². The first-order valence-electron chi connectivity index (χ1n) is 6.48. The van der Waals surface area contributed by atoms with Crippen LogP contribution in [0.4, 0.5) is 19.3 Å². The van der Waals surface area contributed by atoms with E-state index in [2.05, 4.69) is 10.6 Å². The Hall–Kier alpha value is -2.18. The maximum Gasteiger partial charge on any atom is 0.337 e. The van der Waals surface area contributed by atoms with E-state index in [0.29, 0.717) is 18.6 Å². The Balaban J connectivity index is 2.95. The minimum Gasteiger partial charge on any atom is -0.478 e. The van der Waals surface area contributed by atoms with Crippen molar-refractivity contribution >= 4 is 17.7 Å². The molecule has 0 bridgehead atoms. The van der Waals surface area contributed by atoms with Crippen molar-refractivity contribution in [2.75, 3.05) is 5.32 Å². The largest absolute Gasteiger partial charge is 0.478 e. The van der Waals surface area contributed by atoms with Crippen LogP contribution in [0.3, 0.4) is 0 Å². The average molecular weight is 300 g/mol. The SMILES string of the molecule is CCCC(C)(C)NC(=O)Nc1cc(F)c(F)cc1C(=O)O. The van der Waals surface area contributed by atoms with Crippen LogP contribution >= 0.6 is 0 Å². The van der Waals surface area contributed by atoms with E-state index in [1.165, 1.54) is 0 Å². The highest BCUT2D eigenvalue weighted by molar-refractivity contribution is 6.00. The second-order valence-corrected chi connectivity index (χ2v) is 5.33. The molecule has 0 spiro atoms. The molecule has 0 saturated carbocycles. The standard InChI is InChI=1S/C14H18F2N2O3/c1-4-5-14(2,3)18-13(21)17-11-7-10(16)9(15)6-8(11)12(19)20/h6-7H,4-5H2,1-3H3,(H,19,20)(H2,17,18,21). The number of aromatic carboxylic acids is 1. The van der Waals surface area contributed by atoms with Crippen molar-refractivity contribution in [2.45, 2.75) is 39.2 Å². The lowest BCUT2D eigenvalue weighted by Crippen LogP contribution is -2.45. The Morgan fingerprint density at radius 3 is 2.33 bits per heavy atom. The van der Waals surface area contributed by atoms with E-state index in [0.717, 1.165) is 6.42 Å². The predicted molar refractivity (Wildman–Crippen MR) is 74.5 cm³/mol. The molecule has 0 aliphatic carbocycles. The molecule has 0 aromatic heterocycles. The zero-order valence-electron chi connectivity index (χ0n) is 12.1. The fourth-order valence-electron chi connectivity index (χ4n) is 1.98. The van der Waals surface area contributed by atoms with Gasteiger partial charge in [0.15, 0.2) is 11.6 Å². The van der Waals surface area contributed by atoms with Gasteiger partial charge in [0.1, 0.15) is 0 Å². The van der Waals surface area contributed by atoms with E-state index >= 15 is 0 Å². The van der Waals surface area contributed by atoms with Crippen molar-refractivity contribution in [3.63, 3.8) is 0 Å². The fraction of sp³-hybridized carbons (Fsp3) is 0.429. The quantitative estimate of drug-likeness (QED) is 0.780. The van der Waals surface area contributed by atoms with Crippen molar-refractivity contribution < 1.29 is 23.5 Å². The molecule has 0 aliphatic heterocycles. The maximum atomic E-state index is 13.2. The van der Waals surface area contributed by atoms with Gasteiger partial charge < -0.3 is 15.7 Å². The van der Waals surface area contributed by atoms with E-state index in [1.807, 2.05) is 6.92 Å². The number of nitrogens with one attached hydrogen (secondary N) is 2. The highest BCUT2D eigenvalue weighted by Gasteiger charge is 2.21. The lowest BCUT2D eigenvalue weighted by molar-refractivity contribution is 0.0697. The van der Waals surface area contributed by atoms with Gasteiger partial charge in [0.05, 0.1) is 11.3 Å². The summed E-state index contributed by atoms with van der Waals surface area (Å²) in [5, 5.41) is 13.8. The highest BCUT2D eigenvalue weighted by Crippen LogP contribution is 2.20. The zero-order valence-corrected chi connectivity index (χ0v) is 12.1. The van der Waals surface area contributed by atoms with Crippen molar-refractivity contribution in [3.8, 4) is 0 Å². The molecule has 3 N–H and O–H groups in total. The third kappa shape index (κ3) is 4.70. The summed E-state index contributed by atoms with van der Waals surface area (Å²) >= 11 is 0. The number of urea groups is 1. The smallest absolute Gasteiger partial charge is 0.337 e. The Labute approximate surface area is 121 Å². The first kappa shape index (κ1) is 16.9. The van der Waals surface area contributed by atoms with Gasteiger partial charge in [-0.05, 0) is 26.3 Å². The summed E-state index contributed by atoms with van der Waals surface area (Å²) in [6.07, 6.45) is 1.56. The number of amides is 2. The zero-order chi connectivity index (χ0) is 16.2. The molecular weight excluding hydrogens is 282 g/mol. The molecule has 0 heterocycles. The minimum atomic E-state index is -1.46. The van der Waals surface area contributed by atoms with Crippen LogP contribution in [0, 0.1) is 11.6 Å². The van der Waals surface area contributed by atoms with Gasteiger partial charge in [0.2, 0.25) is 0 Å². The van der Waals surface area contributed by atoms with Gasteiger partial charge in [-0.15, -0.1) is 0 Å². The van der Waals surface area contributed by atoms with Crippen LogP contribution in [0.25, 0.3) is 0 Å². The van der Waals surface area contributed by atoms with Crippen molar-refractivity contribution in [1.29, 1.82) is 0 Å². The molecule has 1 aromatic rings. The van der Waals surface area contributed by atoms with Gasteiger partial charge in [-0.1, -0.05) is 13.3 Å². The Morgan fingerprint density at radius 1 is 1.24 bits per heavy atom. The van der Waals surface area contributed by atoms with Gasteiger partial charge in [0, 0.05) is 11.6 Å². The molecule has 0 saturated heterocycles. The topological polar surface area (TPSA) is 78.4 Å². The van der Waals surface area contributed by atoms with Crippen LogP contribution in [0.1, 0.15) is 44.0 Å². The first-order valence-corrected chi connectivity index (χ1v) is 6.48. The lowest BCUT2D eigenvalue weighted by Gasteiger charge is -2.26. The number of carbonyl (C=O) groups is 2. The molecular formula is C14H18F2N2O3. The van der Waals surface area contributed by atoms with Gasteiger partial charge >= 0.3 is 12.0 Å². The number of benzene rings is 1. The predicted octanol–water partition coefficient (Wildman–Crippen LogP) is 3.36. The van der Waals surface area contributed by atoms with Crippen LogP contribution in [0.15, 0.2) is 12.1 Å². The third-order valence-corrected chi connectivity index (χ3v) is 2.87. The second kappa shape index (κ2) is 6.51. The average Bonchev–Trinajstić information content (AvgIpc) is 2.31. The summed E-state index contributed by atoms with van der Waals surface area (Å²) < 4.78 is 26.3. The summed E-state index contributed by atoms with van der Waals surface area (Å²) in [6, 6.07) is 0.498. The summed E-state index contributed by atoms with van der Waals surface area (Å²) in [7, 11) is 0. The van der Waals surface area contributed by atoms with Crippen LogP contribution in [-0.4, -0.2) is 22.6 Å². The lowest BCUT2D eigenvalue weighted by atomic mass is 9.99. The molecule has 1 aromatic carbocycles. The van der Waals surface area contributed by atoms with Gasteiger partial charge in [-0.2, -0.15) is 0 Å². The molecule has 2 amide bonds. The summed E-state index contributed by atoms with van der Waals surface area (Å²) in [5.74, 6) is -3.98. The molecule has 0 unspecified atom stereocenters. The molecule has 5 nitrogen and oxygen atoms in total. The minimum absolute atomic E-state index is 0.300. The van der Waals surface area contributed by atoms with E-state index in [4.69, 9.17) is 5.11 Å². The first-order chi connectivity index (χ1) is 9.66. The Morgan fingerprint density at radius 2 is 1.81 bits per heavy atom. The Bertz CT molecular complexity index is 559. The van der Waals surface area contributed by atoms with E-state index in [9.17, 15) is 18.4 Å². The summed E-state index contributed by atoms with van der Waals surface area (Å²) in [6.45, 7) is 5.57. The number of carboxylic acid groups (broad SMARTS) is 1. The van der Waals surface area contributed by atoms with Gasteiger partial charge in [-0.3, -0.25) is 0 Å². The van der Waals surface area contributed by atoms with E-state index in [-0.39, 0.29) is 5.69 Å². The third-order valence-electron chi connectivity index (χ3n) is 2.87. The molecule has 116 valence electrons. The Kier molecular flexibility index (Phi) is 5.23. The van der Waals surface area contributed by atoms with Gasteiger partial charge in [0.25, 0.3) is 0 Å². The second-order valence-electron chi connectivity index (χ2n) is 5.33.